The molecule has 0 amide bonds. The smallest absolute Gasteiger partial charge is 0.337 e. The van der Waals surface area contributed by atoms with Gasteiger partial charge in [0.2, 0.25) is 0 Å². The van der Waals surface area contributed by atoms with Gasteiger partial charge < -0.3 is 10.5 Å². The van der Waals surface area contributed by atoms with Crippen LogP contribution in [0.2, 0.25) is 0 Å². The van der Waals surface area contributed by atoms with E-state index < -0.39 is 0 Å². The predicted molar refractivity (Wildman–Crippen MR) is 67.5 cm³/mol. The quantitative estimate of drug-likeness (QED) is 0.391. The summed E-state index contributed by atoms with van der Waals surface area (Å²) in [5, 5.41) is 0.816. The first-order chi connectivity index (χ1) is 7.69. The van der Waals surface area contributed by atoms with E-state index in [0.717, 1.165) is 11.8 Å². The molecule has 0 aliphatic carbocycles. The van der Waals surface area contributed by atoms with Crippen molar-refractivity contribution in [3.8, 4) is 11.8 Å². The Balaban J connectivity index is 3.01. The Kier molecular flexibility index (Phi) is 4.87. The maximum atomic E-state index is 11.3. The van der Waals surface area contributed by atoms with Crippen molar-refractivity contribution >= 4 is 27.6 Å². The van der Waals surface area contributed by atoms with Gasteiger partial charge in [0.25, 0.3) is 0 Å². The second-order valence-electron chi connectivity index (χ2n) is 3.03. The zero-order valence-electron chi connectivity index (χ0n) is 8.92. The third-order valence-electron chi connectivity index (χ3n) is 1.92. The van der Waals surface area contributed by atoms with Crippen LogP contribution in [0.4, 0.5) is 5.69 Å². The summed E-state index contributed by atoms with van der Waals surface area (Å²) in [6.45, 7) is 0. The van der Waals surface area contributed by atoms with Crippen molar-refractivity contribution in [3.05, 3.63) is 29.3 Å². The molecule has 0 heterocycles. The number of nitrogen functional groups attached to an aromatic ring is 1. The Bertz CT molecular complexity index is 446. The summed E-state index contributed by atoms with van der Waals surface area (Å²) in [5.74, 6) is 5.48. The van der Waals surface area contributed by atoms with E-state index in [-0.39, 0.29) is 5.97 Å². The molecule has 0 aliphatic heterocycles. The third-order valence-corrected chi connectivity index (χ3v) is 2.31. The molecule has 0 saturated carbocycles. The van der Waals surface area contributed by atoms with E-state index in [0.29, 0.717) is 16.8 Å². The van der Waals surface area contributed by atoms with Gasteiger partial charge in [-0.2, -0.15) is 0 Å². The molecule has 1 rings (SSSR count). The number of carbonyl (C=O) groups excluding carboxylic acids is 1. The van der Waals surface area contributed by atoms with Crippen LogP contribution in [0.5, 0.6) is 0 Å². The molecule has 1 aromatic rings. The van der Waals surface area contributed by atoms with Crippen LogP contribution < -0.4 is 5.73 Å². The Hall–Kier alpha value is -1.47. The number of nitrogens with two attached hydrogens (primary N) is 1. The van der Waals surface area contributed by atoms with E-state index in [1.165, 1.54) is 7.11 Å². The fourth-order valence-electron chi connectivity index (χ4n) is 1.11. The number of methoxy groups -OCH3 is 1. The number of rotatable bonds is 2. The van der Waals surface area contributed by atoms with Crippen molar-refractivity contribution in [3.63, 3.8) is 0 Å². The summed E-state index contributed by atoms with van der Waals surface area (Å²) in [7, 11) is 1.34. The molecule has 0 radical (unpaired) electrons. The average molecular weight is 282 g/mol. The van der Waals surface area contributed by atoms with Gasteiger partial charge in [0, 0.05) is 23.0 Å². The number of ether oxygens (including phenoxy) is 1. The highest BCUT2D eigenvalue weighted by Crippen LogP contribution is 2.13. The minimum atomic E-state index is -0.386. The third kappa shape index (κ3) is 3.28. The van der Waals surface area contributed by atoms with Crippen LogP contribution in [0.1, 0.15) is 22.3 Å². The standard InChI is InChI=1S/C12H12BrNO2/c1-16-12(15)10-5-6-11(14)9(8-10)4-2-3-7-13/h5-6,8H,3,7,14H2,1H3. The highest BCUT2D eigenvalue weighted by atomic mass is 79.9. The molecule has 0 fully saturated rings. The fourth-order valence-corrected chi connectivity index (χ4v) is 1.31. The maximum Gasteiger partial charge on any atom is 0.337 e. The molecule has 84 valence electrons. The summed E-state index contributed by atoms with van der Waals surface area (Å²) in [5.41, 5.74) is 7.43. The van der Waals surface area contributed by atoms with E-state index in [2.05, 4.69) is 32.5 Å². The molecule has 1 aromatic carbocycles. The number of alkyl halides is 1. The van der Waals surface area contributed by atoms with Gasteiger partial charge in [-0.05, 0) is 18.2 Å². The number of carbonyl (C=O) groups is 1. The summed E-state index contributed by atoms with van der Waals surface area (Å²) >= 11 is 3.28. The minimum Gasteiger partial charge on any atom is -0.465 e. The normalized spacial score (nSPS) is 9.12. The van der Waals surface area contributed by atoms with Gasteiger partial charge in [0.15, 0.2) is 0 Å². The second-order valence-corrected chi connectivity index (χ2v) is 3.83. The highest BCUT2D eigenvalue weighted by Gasteiger charge is 2.06. The predicted octanol–water partition coefficient (Wildman–Crippen LogP) is 2.19. The molecule has 0 atom stereocenters. The van der Waals surface area contributed by atoms with Crippen LogP contribution in [-0.4, -0.2) is 18.4 Å². The monoisotopic (exact) mass is 281 g/mol. The van der Waals surface area contributed by atoms with E-state index in [1.807, 2.05) is 0 Å². The number of hydrogen-bond acceptors (Lipinski definition) is 3. The lowest BCUT2D eigenvalue weighted by Crippen LogP contribution is -2.02. The Labute approximate surface area is 103 Å². The molecule has 0 unspecified atom stereocenters. The van der Waals surface area contributed by atoms with Gasteiger partial charge in [0.05, 0.1) is 12.7 Å². The number of halogens is 1. The zero-order valence-corrected chi connectivity index (χ0v) is 10.5. The Morgan fingerprint density at radius 2 is 2.31 bits per heavy atom. The molecule has 0 saturated heterocycles. The molecular formula is C12H12BrNO2. The molecular weight excluding hydrogens is 270 g/mol. The number of esters is 1. The van der Waals surface area contributed by atoms with Crippen LogP contribution in [0.15, 0.2) is 18.2 Å². The summed E-state index contributed by atoms with van der Waals surface area (Å²) in [6, 6.07) is 4.92. The topological polar surface area (TPSA) is 52.3 Å². The molecule has 4 heteroatoms. The molecule has 0 aromatic heterocycles. The summed E-state index contributed by atoms with van der Waals surface area (Å²) in [4.78, 5) is 11.3. The van der Waals surface area contributed by atoms with E-state index in [4.69, 9.17) is 5.73 Å². The first-order valence-electron chi connectivity index (χ1n) is 4.71. The number of benzene rings is 1. The number of hydrogen-bond donors (Lipinski definition) is 1. The van der Waals surface area contributed by atoms with Crippen LogP contribution >= 0.6 is 15.9 Å². The van der Waals surface area contributed by atoms with Crippen molar-refractivity contribution in [1.29, 1.82) is 0 Å². The van der Waals surface area contributed by atoms with Crippen LogP contribution in [0.25, 0.3) is 0 Å². The summed E-state index contributed by atoms with van der Waals surface area (Å²) in [6.07, 6.45) is 0.738. The lowest BCUT2D eigenvalue weighted by molar-refractivity contribution is 0.0600. The van der Waals surface area contributed by atoms with E-state index in [1.54, 1.807) is 18.2 Å². The fraction of sp³-hybridized carbons (Fsp3) is 0.250. The van der Waals surface area contributed by atoms with E-state index in [9.17, 15) is 4.79 Å². The number of anilines is 1. The zero-order chi connectivity index (χ0) is 12.0. The van der Waals surface area contributed by atoms with Gasteiger partial charge in [-0.15, -0.1) is 0 Å². The largest absolute Gasteiger partial charge is 0.465 e. The van der Waals surface area contributed by atoms with Gasteiger partial charge in [0.1, 0.15) is 0 Å². The van der Waals surface area contributed by atoms with Gasteiger partial charge in [-0.1, -0.05) is 27.8 Å². The van der Waals surface area contributed by atoms with Crippen molar-refractivity contribution in [2.45, 2.75) is 6.42 Å². The van der Waals surface area contributed by atoms with Crippen molar-refractivity contribution in [1.82, 2.24) is 0 Å². The molecule has 2 N–H and O–H groups in total. The Morgan fingerprint density at radius 3 is 2.94 bits per heavy atom. The first kappa shape index (κ1) is 12.6. The molecule has 0 bridgehead atoms. The van der Waals surface area contributed by atoms with Crippen LogP contribution in [0.3, 0.4) is 0 Å². The van der Waals surface area contributed by atoms with Crippen molar-refractivity contribution < 1.29 is 9.53 Å². The van der Waals surface area contributed by atoms with E-state index >= 15 is 0 Å². The van der Waals surface area contributed by atoms with Gasteiger partial charge in [-0.3, -0.25) is 0 Å². The first-order valence-corrected chi connectivity index (χ1v) is 5.84. The SMILES string of the molecule is COC(=O)c1ccc(N)c(C#CCCBr)c1. The molecule has 0 spiro atoms. The second kappa shape index (κ2) is 6.19. The van der Waals surface area contributed by atoms with Crippen LogP contribution in [0, 0.1) is 11.8 Å². The van der Waals surface area contributed by atoms with Gasteiger partial charge >= 0.3 is 5.97 Å². The minimum absolute atomic E-state index is 0.386. The van der Waals surface area contributed by atoms with Crippen LogP contribution in [-0.2, 0) is 4.74 Å². The van der Waals surface area contributed by atoms with Crippen molar-refractivity contribution in [2.75, 3.05) is 18.2 Å². The molecule has 16 heavy (non-hydrogen) atoms. The molecule has 0 aliphatic rings. The maximum absolute atomic E-state index is 11.3. The Morgan fingerprint density at radius 1 is 1.56 bits per heavy atom. The summed E-state index contributed by atoms with van der Waals surface area (Å²) < 4.78 is 4.62. The van der Waals surface area contributed by atoms with Crippen molar-refractivity contribution in [2.24, 2.45) is 0 Å². The lowest BCUT2D eigenvalue weighted by atomic mass is 10.1. The average Bonchev–Trinajstić information content (AvgIpc) is 2.31. The highest BCUT2D eigenvalue weighted by molar-refractivity contribution is 9.09. The van der Waals surface area contributed by atoms with Gasteiger partial charge in [-0.25, -0.2) is 4.79 Å². The lowest BCUT2D eigenvalue weighted by Gasteiger charge is -2.02. The molecule has 3 nitrogen and oxygen atoms in total.